The van der Waals surface area contributed by atoms with Crippen molar-refractivity contribution < 1.29 is 13.9 Å². The van der Waals surface area contributed by atoms with Crippen LogP contribution in [0.5, 0.6) is 5.75 Å². The van der Waals surface area contributed by atoms with Crippen LogP contribution in [0.25, 0.3) is 32.8 Å². The van der Waals surface area contributed by atoms with E-state index in [-0.39, 0.29) is 22.4 Å². The number of hydrogen-bond donors (Lipinski definition) is 2. The Labute approximate surface area is 249 Å². The molecule has 2 N–H and O–H groups in total. The normalized spacial score (nSPS) is 31.6. The average molecular weight is 580 g/mol. The van der Waals surface area contributed by atoms with Crippen molar-refractivity contribution in [1.82, 2.24) is 15.3 Å². The Kier molecular flexibility index (Phi) is 4.95. The number of phenolic OH excluding ortho intramolecular Hbond substituents is 1. The molecule has 43 heavy (non-hydrogen) atoms. The highest BCUT2D eigenvalue weighted by Gasteiger charge is 2.64. The second-order valence-corrected chi connectivity index (χ2v) is 14.5. The van der Waals surface area contributed by atoms with Gasteiger partial charge in [-0.2, -0.15) is 4.98 Å². The first-order valence-electron chi connectivity index (χ1n) is 16.1. The van der Waals surface area contributed by atoms with Crippen molar-refractivity contribution in [2.75, 3.05) is 42.5 Å². The van der Waals surface area contributed by atoms with Crippen LogP contribution in [-0.2, 0) is 0 Å². The summed E-state index contributed by atoms with van der Waals surface area (Å²) >= 11 is 0. The summed E-state index contributed by atoms with van der Waals surface area (Å²) in [4.78, 5) is 14.5. The lowest BCUT2D eigenvalue weighted by atomic mass is 9.43. The first kappa shape index (κ1) is 24.9. The van der Waals surface area contributed by atoms with Gasteiger partial charge in [-0.25, -0.2) is 13.8 Å². The Bertz CT molecular complexity index is 1820. The summed E-state index contributed by atoms with van der Waals surface area (Å²) in [5.74, 6) is 4.61. The van der Waals surface area contributed by atoms with Gasteiger partial charge >= 0.3 is 0 Å². The van der Waals surface area contributed by atoms with Gasteiger partial charge in [-0.1, -0.05) is 24.3 Å². The third kappa shape index (κ3) is 3.41. The molecule has 2 bridgehead atoms. The summed E-state index contributed by atoms with van der Waals surface area (Å²) in [6, 6.07) is 11.9. The molecule has 3 aromatic carbocycles. The van der Waals surface area contributed by atoms with Gasteiger partial charge in [0.2, 0.25) is 5.95 Å². The Balaban J connectivity index is 1.15. The Morgan fingerprint density at radius 1 is 0.907 bits per heavy atom. The van der Waals surface area contributed by atoms with E-state index in [1.165, 1.54) is 31.4 Å². The van der Waals surface area contributed by atoms with Gasteiger partial charge in [0.1, 0.15) is 22.9 Å². The Morgan fingerprint density at radius 3 is 2.60 bits per heavy atom. The van der Waals surface area contributed by atoms with Crippen LogP contribution >= 0.6 is 0 Å². The van der Waals surface area contributed by atoms with Gasteiger partial charge in [-0.15, -0.1) is 0 Å². The lowest BCUT2D eigenvalue weighted by molar-refractivity contribution is -0.133. The molecule has 1 aromatic heterocycles. The van der Waals surface area contributed by atoms with Gasteiger partial charge in [0.05, 0.1) is 11.1 Å². The number of rotatable bonds is 3. The molecule has 6 atom stereocenters. The van der Waals surface area contributed by atoms with E-state index in [0.29, 0.717) is 39.9 Å². The number of benzene rings is 3. The molecule has 3 aliphatic heterocycles. The summed E-state index contributed by atoms with van der Waals surface area (Å²) in [6.07, 6.45) is 6.13. The second-order valence-electron chi connectivity index (χ2n) is 14.5. The number of aromatic hydroxyl groups is 1. The van der Waals surface area contributed by atoms with E-state index in [2.05, 4.69) is 15.1 Å². The van der Waals surface area contributed by atoms with Gasteiger partial charge in [0.15, 0.2) is 5.82 Å². The van der Waals surface area contributed by atoms with Crippen molar-refractivity contribution >= 4 is 33.4 Å². The smallest absolute Gasteiger partial charge is 0.228 e. The molecule has 6 unspecified atom stereocenters. The number of nitrogens with zero attached hydrogens (tertiary/aromatic N) is 4. The van der Waals surface area contributed by atoms with Crippen molar-refractivity contribution in [2.24, 2.45) is 35.5 Å². The second kappa shape index (κ2) is 8.56. The van der Waals surface area contributed by atoms with E-state index >= 15 is 8.78 Å². The molecule has 0 radical (unpaired) electrons. The van der Waals surface area contributed by atoms with Crippen LogP contribution in [-0.4, -0.2) is 53.3 Å². The van der Waals surface area contributed by atoms with Crippen LogP contribution in [0.3, 0.4) is 0 Å². The van der Waals surface area contributed by atoms with E-state index in [1.54, 1.807) is 6.07 Å². The van der Waals surface area contributed by atoms with Crippen molar-refractivity contribution in [1.29, 1.82) is 0 Å². The van der Waals surface area contributed by atoms with Crippen molar-refractivity contribution in [3.8, 4) is 16.9 Å². The lowest BCUT2D eigenvalue weighted by Gasteiger charge is -2.63. The number of anilines is 2. The third-order valence-electron chi connectivity index (χ3n) is 12.2. The summed E-state index contributed by atoms with van der Waals surface area (Å²) in [5.41, 5.74) is 0.427. The molecule has 6 aliphatic rings. The minimum absolute atomic E-state index is 0.0284. The van der Waals surface area contributed by atoms with E-state index < -0.39 is 11.6 Å². The molecule has 1 spiro atoms. The highest BCUT2D eigenvalue weighted by molar-refractivity contribution is 6.01. The number of phenols is 1. The molecule has 220 valence electrons. The highest BCUT2D eigenvalue weighted by atomic mass is 19.1. The summed E-state index contributed by atoms with van der Waals surface area (Å²) in [7, 11) is 0. The monoisotopic (exact) mass is 579 g/mol. The maximum absolute atomic E-state index is 16.9. The molecule has 6 fully saturated rings. The summed E-state index contributed by atoms with van der Waals surface area (Å²) < 4.78 is 33.1. The molecular weight excluding hydrogens is 544 g/mol. The summed E-state index contributed by atoms with van der Waals surface area (Å²) in [6.45, 7) is 4.40. The molecule has 4 aromatic rings. The minimum Gasteiger partial charge on any atom is -0.508 e. The van der Waals surface area contributed by atoms with Crippen LogP contribution in [0.1, 0.15) is 32.1 Å². The molecule has 8 heteroatoms. The Morgan fingerprint density at radius 2 is 1.74 bits per heavy atom. The fourth-order valence-electron chi connectivity index (χ4n) is 10.4. The van der Waals surface area contributed by atoms with Gasteiger partial charge in [0, 0.05) is 31.6 Å². The molecule has 3 saturated carbocycles. The number of halogens is 2. The number of nitrogens with one attached hydrogen (secondary N) is 1. The zero-order valence-corrected chi connectivity index (χ0v) is 24.1. The topological polar surface area (TPSA) is 64.5 Å². The minimum atomic E-state index is -0.691. The van der Waals surface area contributed by atoms with Gasteiger partial charge < -0.3 is 20.2 Å². The van der Waals surface area contributed by atoms with Gasteiger partial charge in [-0.3, -0.25) is 0 Å². The van der Waals surface area contributed by atoms with E-state index in [9.17, 15) is 5.11 Å². The number of aromatic nitrogens is 2. The molecule has 3 aliphatic carbocycles. The van der Waals surface area contributed by atoms with E-state index in [4.69, 9.17) is 9.97 Å². The average Bonchev–Trinajstić information content (AvgIpc) is 3.62. The molecular formula is C35H35F2N5O. The standard InChI is InChI=1S/C35H35F2N5O/c36-28-13-27-32(31(37)30(28)26-12-21(43)10-19-4-1-2-5-22(19)26)39-34(42-16-35(17-42)6-3-7-38-35)40-33(27)41-14-18-8-23-24(9-18)29-20(15-41)11-25(23)29/h1-2,4-5,10,12-13,18,20,23-25,29,38,43H,3,6-9,11,14-17H2. The first-order chi connectivity index (χ1) is 20.9. The van der Waals surface area contributed by atoms with Crippen LogP contribution < -0.4 is 15.1 Å². The molecule has 4 heterocycles. The highest BCUT2D eigenvalue weighted by Crippen LogP contribution is 2.69. The van der Waals surface area contributed by atoms with Crippen LogP contribution in [0.2, 0.25) is 0 Å². The van der Waals surface area contributed by atoms with Crippen LogP contribution in [0.4, 0.5) is 20.5 Å². The first-order valence-corrected chi connectivity index (χ1v) is 16.1. The predicted octanol–water partition coefficient (Wildman–Crippen LogP) is 6.10. The fraction of sp³-hybridized carbons (Fsp3) is 0.486. The quantitative estimate of drug-likeness (QED) is 0.306. The molecule has 10 rings (SSSR count). The summed E-state index contributed by atoms with van der Waals surface area (Å²) in [5, 5.41) is 16.0. The zero-order valence-electron chi connectivity index (χ0n) is 24.1. The van der Waals surface area contributed by atoms with Crippen LogP contribution in [0.15, 0.2) is 42.5 Å². The maximum Gasteiger partial charge on any atom is 0.228 e. The van der Waals surface area contributed by atoms with Gasteiger partial charge in [0.25, 0.3) is 0 Å². The zero-order chi connectivity index (χ0) is 28.6. The third-order valence-corrected chi connectivity index (χ3v) is 12.2. The largest absolute Gasteiger partial charge is 0.508 e. The SMILES string of the molecule is Oc1cc(-c2c(F)cc3c(N4CC5CC6C(C5)C5C(CC65)C4)nc(N4CC5(CCCN5)C4)nc3c2F)c2ccccc2c1. The molecule has 6 nitrogen and oxygen atoms in total. The fourth-order valence-corrected chi connectivity index (χ4v) is 10.4. The van der Waals surface area contributed by atoms with Gasteiger partial charge in [-0.05, 0) is 109 Å². The number of hydrogen-bond acceptors (Lipinski definition) is 6. The molecule has 3 saturated heterocycles. The van der Waals surface area contributed by atoms with Crippen molar-refractivity contribution in [2.45, 2.75) is 37.6 Å². The predicted molar refractivity (Wildman–Crippen MR) is 163 cm³/mol. The molecule has 0 amide bonds. The van der Waals surface area contributed by atoms with Crippen LogP contribution in [0, 0.1) is 47.1 Å². The van der Waals surface area contributed by atoms with E-state index in [1.807, 2.05) is 24.3 Å². The van der Waals surface area contributed by atoms with Crippen molar-refractivity contribution in [3.63, 3.8) is 0 Å². The number of fused-ring (bicyclic) bond motifs is 4. The lowest BCUT2D eigenvalue weighted by Crippen LogP contribution is -2.67. The van der Waals surface area contributed by atoms with E-state index in [0.717, 1.165) is 74.6 Å². The van der Waals surface area contributed by atoms with Crippen molar-refractivity contribution in [3.05, 3.63) is 54.1 Å². The Hall–Kier alpha value is -3.52. The maximum atomic E-state index is 16.9.